The van der Waals surface area contributed by atoms with Gasteiger partial charge in [0.25, 0.3) is 0 Å². The lowest BCUT2D eigenvalue weighted by Gasteiger charge is -2.21. The molecule has 0 saturated carbocycles. The number of hydrogen-bond donors (Lipinski definition) is 0. The Hall–Kier alpha value is -0.980. The van der Waals surface area contributed by atoms with E-state index in [0.717, 1.165) is 13.0 Å². The fraction of sp³-hybridized carbons (Fsp3) is 0.571. The highest BCUT2D eigenvalue weighted by atomic mass is 15.1. The van der Waals surface area contributed by atoms with E-state index in [1.165, 1.54) is 17.7 Å². The molecule has 1 atom stereocenters. The van der Waals surface area contributed by atoms with Gasteiger partial charge in [-0.1, -0.05) is 39.0 Å². The Morgan fingerprint density at radius 1 is 1.20 bits per heavy atom. The van der Waals surface area contributed by atoms with Gasteiger partial charge < -0.3 is 4.90 Å². The summed E-state index contributed by atoms with van der Waals surface area (Å²) in [5.41, 5.74) is 2.84. The van der Waals surface area contributed by atoms with Gasteiger partial charge in [0.15, 0.2) is 0 Å². The molecule has 15 heavy (non-hydrogen) atoms. The quantitative estimate of drug-likeness (QED) is 0.675. The van der Waals surface area contributed by atoms with Crippen molar-refractivity contribution in [1.29, 1.82) is 0 Å². The highest BCUT2D eigenvalue weighted by molar-refractivity contribution is 5.35. The molecule has 0 aliphatic heterocycles. The van der Waals surface area contributed by atoms with Crippen molar-refractivity contribution in [2.75, 3.05) is 13.6 Å². The molecule has 0 amide bonds. The molecule has 0 saturated heterocycles. The SMILES string of the molecule is CCCN(C)C1=C(CC)C=CC(C)C=C1. The Balaban J connectivity index is 2.93. The highest BCUT2D eigenvalue weighted by Crippen LogP contribution is 2.20. The van der Waals surface area contributed by atoms with E-state index in [1.807, 2.05) is 0 Å². The third-order valence-electron chi connectivity index (χ3n) is 2.84. The molecule has 1 aliphatic carbocycles. The van der Waals surface area contributed by atoms with Crippen LogP contribution in [-0.2, 0) is 0 Å². The number of hydrogen-bond acceptors (Lipinski definition) is 1. The zero-order valence-corrected chi connectivity index (χ0v) is 10.5. The molecule has 0 bridgehead atoms. The number of allylic oxidation sites excluding steroid dienone is 5. The lowest BCUT2D eigenvalue weighted by molar-refractivity contribution is 0.425. The van der Waals surface area contributed by atoms with Crippen LogP contribution in [0.3, 0.4) is 0 Å². The molecule has 1 unspecified atom stereocenters. The lowest BCUT2D eigenvalue weighted by atomic mass is 10.1. The predicted octanol–water partition coefficient (Wildman–Crippen LogP) is 3.75. The summed E-state index contributed by atoms with van der Waals surface area (Å²) in [6.07, 6.45) is 11.4. The second-order valence-corrected chi connectivity index (χ2v) is 4.26. The van der Waals surface area contributed by atoms with Crippen molar-refractivity contribution in [1.82, 2.24) is 4.90 Å². The van der Waals surface area contributed by atoms with Crippen LogP contribution in [0.4, 0.5) is 0 Å². The van der Waals surface area contributed by atoms with Crippen molar-refractivity contribution in [3.05, 3.63) is 35.6 Å². The van der Waals surface area contributed by atoms with Crippen LogP contribution in [0.25, 0.3) is 0 Å². The zero-order chi connectivity index (χ0) is 11.3. The largest absolute Gasteiger partial charge is 0.374 e. The highest BCUT2D eigenvalue weighted by Gasteiger charge is 2.08. The van der Waals surface area contributed by atoms with Crippen LogP contribution in [0.1, 0.15) is 33.6 Å². The average Bonchev–Trinajstić information content (AvgIpc) is 2.40. The number of likely N-dealkylation sites (N-methyl/N-ethyl adjacent to an activating group) is 1. The molecular weight excluding hydrogens is 182 g/mol. The Kier molecular flexibility index (Phi) is 4.67. The molecule has 1 nitrogen and oxygen atoms in total. The molecule has 1 rings (SSSR count). The Morgan fingerprint density at radius 3 is 2.47 bits per heavy atom. The maximum atomic E-state index is 2.36. The first kappa shape index (κ1) is 12.1. The normalized spacial score (nSPS) is 20.7. The average molecular weight is 205 g/mol. The maximum absolute atomic E-state index is 2.36. The molecule has 0 heterocycles. The van der Waals surface area contributed by atoms with Crippen molar-refractivity contribution in [3.8, 4) is 0 Å². The van der Waals surface area contributed by atoms with Gasteiger partial charge in [-0.25, -0.2) is 0 Å². The minimum atomic E-state index is 0.555. The van der Waals surface area contributed by atoms with Gasteiger partial charge in [0, 0.05) is 19.3 Å². The minimum Gasteiger partial charge on any atom is -0.374 e. The first-order chi connectivity index (χ1) is 7.19. The Labute approximate surface area is 94.2 Å². The van der Waals surface area contributed by atoms with Crippen LogP contribution < -0.4 is 0 Å². The van der Waals surface area contributed by atoms with E-state index in [2.05, 4.69) is 57.0 Å². The van der Waals surface area contributed by atoms with E-state index in [9.17, 15) is 0 Å². The van der Waals surface area contributed by atoms with Crippen LogP contribution in [0, 0.1) is 5.92 Å². The van der Waals surface area contributed by atoms with Crippen LogP contribution in [0.5, 0.6) is 0 Å². The summed E-state index contributed by atoms with van der Waals surface area (Å²) in [6.45, 7) is 7.80. The van der Waals surface area contributed by atoms with E-state index in [0.29, 0.717) is 5.92 Å². The molecule has 0 N–H and O–H groups in total. The first-order valence-electron chi connectivity index (χ1n) is 5.99. The molecule has 0 aromatic rings. The second kappa shape index (κ2) is 5.79. The summed E-state index contributed by atoms with van der Waals surface area (Å²) in [5.74, 6) is 0.555. The summed E-state index contributed by atoms with van der Waals surface area (Å²) < 4.78 is 0. The fourth-order valence-electron chi connectivity index (χ4n) is 1.89. The third-order valence-corrected chi connectivity index (χ3v) is 2.84. The van der Waals surface area contributed by atoms with Crippen LogP contribution >= 0.6 is 0 Å². The van der Waals surface area contributed by atoms with Gasteiger partial charge >= 0.3 is 0 Å². The van der Waals surface area contributed by atoms with Crippen molar-refractivity contribution < 1.29 is 0 Å². The van der Waals surface area contributed by atoms with E-state index in [4.69, 9.17) is 0 Å². The minimum absolute atomic E-state index is 0.555. The summed E-state index contributed by atoms with van der Waals surface area (Å²) in [6, 6.07) is 0. The van der Waals surface area contributed by atoms with Gasteiger partial charge in [-0.3, -0.25) is 0 Å². The summed E-state index contributed by atoms with van der Waals surface area (Å²) in [7, 11) is 2.18. The van der Waals surface area contributed by atoms with Gasteiger partial charge in [-0.05, 0) is 30.4 Å². The smallest absolute Gasteiger partial charge is 0.0392 e. The van der Waals surface area contributed by atoms with Crippen molar-refractivity contribution in [2.24, 2.45) is 5.92 Å². The van der Waals surface area contributed by atoms with E-state index in [-0.39, 0.29) is 0 Å². The van der Waals surface area contributed by atoms with Crippen LogP contribution in [0.15, 0.2) is 35.6 Å². The molecule has 1 heteroatoms. The monoisotopic (exact) mass is 205 g/mol. The fourth-order valence-corrected chi connectivity index (χ4v) is 1.89. The molecule has 0 spiro atoms. The van der Waals surface area contributed by atoms with Gasteiger partial charge in [0.2, 0.25) is 0 Å². The molecule has 0 radical (unpaired) electrons. The molecule has 0 aromatic heterocycles. The maximum Gasteiger partial charge on any atom is 0.0392 e. The second-order valence-electron chi connectivity index (χ2n) is 4.26. The third kappa shape index (κ3) is 3.26. The standard InChI is InChI=1S/C14H23N/c1-5-11-15(4)14-10-8-12(3)7-9-13(14)6-2/h7-10,12H,5-6,11H2,1-4H3. The first-order valence-corrected chi connectivity index (χ1v) is 5.99. The van der Waals surface area contributed by atoms with E-state index < -0.39 is 0 Å². The van der Waals surface area contributed by atoms with Crippen LogP contribution in [-0.4, -0.2) is 18.5 Å². The van der Waals surface area contributed by atoms with E-state index in [1.54, 1.807) is 0 Å². The molecular formula is C14H23N. The Bertz CT molecular complexity index is 284. The number of rotatable bonds is 4. The summed E-state index contributed by atoms with van der Waals surface area (Å²) >= 11 is 0. The van der Waals surface area contributed by atoms with Crippen molar-refractivity contribution >= 4 is 0 Å². The molecule has 1 aliphatic rings. The van der Waals surface area contributed by atoms with E-state index >= 15 is 0 Å². The molecule has 0 aromatic carbocycles. The zero-order valence-electron chi connectivity index (χ0n) is 10.5. The molecule has 0 fully saturated rings. The summed E-state index contributed by atoms with van der Waals surface area (Å²) in [5, 5.41) is 0. The van der Waals surface area contributed by atoms with Gasteiger partial charge in [0.1, 0.15) is 0 Å². The number of nitrogens with zero attached hydrogens (tertiary/aromatic N) is 1. The summed E-state index contributed by atoms with van der Waals surface area (Å²) in [4.78, 5) is 2.36. The molecule has 84 valence electrons. The topological polar surface area (TPSA) is 3.24 Å². The Morgan fingerprint density at radius 2 is 1.87 bits per heavy atom. The predicted molar refractivity (Wildman–Crippen MR) is 67.7 cm³/mol. The van der Waals surface area contributed by atoms with Gasteiger partial charge in [-0.2, -0.15) is 0 Å². The van der Waals surface area contributed by atoms with Gasteiger partial charge in [-0.15, -0.1) is 0 Å². The lowest BCUT2D eigenvalue weighted by Crippen LogP contribution is -2.18. The van der Waals surface area contributed by atoms with Crippen molar-refractivity contribution in [3.63, 3.8) is 0 Å². The van der Waals surface area contributed by atoms with Crippen molar-refractivity contribution in [2.45, 2.75) is 33.6 Å². The van der Waals surface area contributed by atoms with Gasteiger partial charge in [0.05, 0.1) is 0 Å². The van der Waals surface area contributed by atoms with Crippen LogP contribution in [0.2, 0.25) is 0 Å².